The lowest BCUT2D eigenvalue weighted by Crippen LogP contribution is -2.22. The first-order valence-corrected chi connectivity index (χ1v) is 5.28. The van der Waals surface area contributed by atoms with Crippen LogP contribution in [0.5, 0.6) is 0 Å². The van der Waals surface area contributed by atoms with Gasteiger partial charge in [0.1, 0.15) is 23.2 Å². The summed E-state index contributed by atoms with van der Waals surface area (Å²) in [5, 5.41) is 2.77. The van der Waals surface area contributed by atoms with Crippen LogP contribution >= 0.6 is 0 Å². The van der Waals surface area contributed by atoms with Crippen molar-refractivity contribution in [2.45, 2.75) is 12.5 Å². The van der Waals surface area contributed by atoms with E-state index in [1.54, 1.807) is 13.1 Å². The molecule has 2 rings (SSSR count). The maximum Gasteiger partial charge on any atom is 0.134 e. The third-order valence-corrected chi connectivity index (χ3v) is 2.64. The highest BCUT2D eigenvalue weighted by Gasteiger charge is 2.26. The van der Waals surface area contributed by atoms with Crippen molar-refractivity contribution in [3.63, 3.8) is 0 Å². The predicted octanol–water partition coefficient (Wildman–Crippen LogP) is 2.67. The second-order valence-electron chi connectivity index (χ2n) is 3.75. The summed E-state index contributed by atoms with van der Waals surface area (Å²) in [6.07, 6.45) is 2.47. The normalized spacial score (nSPS) is 16.6. The van der Waals surface area contributed by atoms with Gasteiger partial charge in [-0.15, -0.1) is 0 Å². The summed E-state index contributed by atoms with van der Waals surface area (Å²) in [5.41, 5.74) is -0.220. The molecule has 1 heterocycles. The van der Waals surface area contributed by atoms with Gasteiger partial charge in [0.15, 0.2) is 0 Å². The average molecular weight is 243 g/mol. The van der Waals surface area contributed by atoms with Crippen LogP contribution in [-0.4, -0.2) is 13.7 Å². The number of benzene rings is 1. The summed E-state index contributed by atoms with van der Waals surface area (Å²) in [5.74, 6) is -2.30. The molecule has 1 aliphatic rings. The molecule has 92 valence electrons. The molecule has 0 radical (unpaired) electrons. The van der Waals surface area contributed by atoms with E-state index in [1.165, 1.54) is 0 Å². The summed E-state index contributed by atoms with van der Waals surface area (Å²) in [6, 6.07) is 0.606. The van der Waals surface area contributed by atoms with Crippen molar-refractivity contribution in [3.05, 3.63) is 47.0 Å². The molecule has 0 saturated carbocycles. The molecule has 0 aromatic heterocycles. The number of hydrogen-bond acceptors (Lipinski definition) is 2. The zero-order valence-electron chi connectivity index (χ0n) is 9.27. The average Bonchev–Trinajstić information content (AvgIpc) is 2.76. The van der Waals surface area contributed by atoms with E-state index in [0.717, 1.165) is 0 Å². The molecular weight excluding hydrogens is 231 g/mol. The zero-order chi connectivity index (χ0) is 12.4. The van der Waals surface area contributed by atoms with Crippen LogP contribution in [0.15, 0.2) is 24.0 Å². The number of likely N-dealkylation sites (N-methyl/N-ethyl adjacent to an activating group) is 1. The zero-order valence-corrected chi connectivity index (χ0v) is 9.27. The minimum absolute atomic E-state index is 0.220. The minimum atomic E-state index is -0.931. The molecule has 0 spiro atoms. The second-order valence-corrected chi connectivity index (χ2v) is 3.75. The Morgan fingerprint density at radius 2 is 1.88 bits per heavy atom. The van der Waals surface area contributed by atoms with Gasteiger partial charge in [0.05, 0.1) is 12.6 Å². The molecule has 1 aliphatic heterocycles. The van der Waals surface area contributed by atoms with Gasteiger partial charge in [0.25, 0.3) is 0 Å². The van der Waals surface area contributed by atoms with Crippen molar-refractivity contribution in [3.8, 4) is 0 Å². The number of rotatable bonds is 3. The van der Waals surface area contributed by atoms with Crippen LogP contribution in [0.4, 0.5) is 13.2 Å². The van der Waals surface area contributed by atoms with E-state index in [0.29, 0.717) is 30.9 Å². The van der Waals surface area contributed by atoms with Gasteiger partial charge in [-0.05, 0) is 13.1 Å². The molecule has 1 unspecified atom stereocenters. The Morgan fingerprint density at radius 3 is 2.35 bits per heavy atom. The topological polar surface area (TPSA) is 21.3 Å². The lowest BCUT2D eigenvalue weighted by molar-refractivity contribution is 0.215. The van der Waals surface area contributed by atoms with E-state index >= 15 is 0 Å². The maximum atomic E-state index is 13.6. The second kappa shape index (κ2) is 4.79. The fourth-order valence-electron chi connectivity index (χ4n) is 1.90. The van der Waals surface area contributed by atoms with E-state index in [9.17, 15) is 13.2 Å². The Balaban J connectivity index is 2.43. The van der Waals surface area contributed by atoms with Gasteiger partial charge >= 0.3 is 0 Å². The van der Waals surface area contributed by atoms with Crippen LogP contribution in [0, 0.1) is 17.5 Å². The highest BCUT2D eigenvalue weighted by atomic mass is 19.1. The lowest BCUT2D eigenvalue weighted by atomic mass is 10.0. The highest BCUT2D eigenvalue weighted by Crippen LogP contribution is 2.30. The molecule has 5 heteroatoms. The Bertz CT molecular complexity index is 436. The molecule has 0 aliphatic carbocycles. The molecule has 0 bridgehead atoms. The van der Waals surface area contributed by atoms with Gasteiger partial charge in [-0.3, -0.25) is 0 Å². The minimum Gasteiger partial charge on any atom is -0.496 e. The first kappa shape index (κ1) is 12.0. The maximum absolute atomic E-state index is 13.6. The van der Waals surface area contributed by atoms with Crippen LogP contribution in [0.25, 0.3) is 0 Å². The third-order valence-electron chi connectivity index (χ3n) is 2.64. The predicted molar refractivity (Wildman–Crippen MR) is 56.8 cm³/mol. The quantitative estimate of drug-likeness (QED) is 0.881. The van der Waals surface area contributed by atoms with Crippen molar-refractivity contribution in [2.75, 3.05) is 13.7 Å². The van der Waals surface area contributed by atoms with Gasteiger partial charge in [-0.25, -0.2) is 13.2 Å². The van der Waals surface area contributed by atoms with Crippen LogP contribution in [0.2, 0.25) is 0 Å². The Kier molecular flexibility index (Phi) is 3.38. The van der Waals surface area contributed by atoms with Gasteiger partial charge in [-0.1, -0.05) is 0 Å². The molecule has 1 aromatic rings. The Labute approximate surface area is 97.1 Å². The van der Waals surface area contributed by atoms with Crippen molar-refractivity contribution in [1.29, 1.82) is 0 Å². The number of ether oxygens (including phenoxy) is 1. The summed E-state index contributed by atoms with van der Waals surface area (Å²) >= 11 is 0. The van der Waals surface area contributed by atoms with Gasteiger partial charge in [0, 0.05) is 24.1 Å². The molecule has 1 atom stereocenters. The van der Waals surface area contributed by atoms with Crippen LogP contribution in [0.3, 0.4) is 0 Å². The molecule has 17 heavy (non-hydrogen) atoms. The fourth-order valence-corrected chi connectivity index (χ4v) is 1.90. The summed E-state index contributed by atoms with van der Waals surface area (Å²) in [4.78, 5) is 0. The van der Waals surface area contributed by atoms with Crippen LogP contribution in [0.1, 0.15) is 18.0 Å². The fraction of sp³-hybridized carbons (Fsp3) is 0.333. The number of nitrogens with one attached hydrogen (secondary N) is 1. The van der Waals surface area contributed by atoms with Crippen molar-refractivity contribution >= 4 is 0 Å². The van der Waals surface area contributed by atoms with Crippen molar-refractivity contribution < 1.29 is 17.9 Å². The van der Waals surface area contributed by atoms with Crippen LogP contribution < -0.4 is 5.32 Å². The van der Waals surface area contributed by atoms with Crippen LogP contribution in [-0.2, 0) is 4.74 Å². The van der Waals surface area contributed by atoms with Gasteiger partial charge < -0.3 is 10.1 Å². The van der Waals surface area contributed by atoms with Gasteiger partial charge in [0.2, 0.25) is 0 Å². The van der Waals surface area contributed by atoms with Crippen molar-refractivity contribution in [1.82, 2.24) is 5.32 Å². The summed E-state index contributed by atoms with van der Waals surface area (Å²) in [6.45, 7) is 0.498. The Hall–Kier alpha value is -1.49. The number of halogens is 3. The molecule has 0 amide bonds. The first-order chi connectivity index (χ1) is 8.13. The highest BCUT2D eigenvalue weighted by molar-refractivity contribution is 5.30. The molecule has 2 nitrogen and oxygen atoms in total. The van der Waals surface area contributed by atoms with Gasteiger partial charge in [-0.2, -0.15) is 0 Å². The van der Waals surface area contributed by atoms with E-state index in [4.69, 9.17) is 4.74 Å². The van der Waals surface area contributed by atoms with Crippen molar-refractivity contribution in [2.24, 2.45) is 0 Å². The summed E-state index contributed by atoms with van der Waals surface area (Å²) < 4.78 is 45.3. The lowest BCUT2D eigenvalue weighted by Gasteiger charge is -2.19. The number of hydrogen-bond donors (Lipinski definition) is 1. The van der Waals surface area contributed by atoms with E-state index < -0.39 is 23.5 Å². The Morgan fingerprint density at radius 1 is 1.24 bits per heavy atom. The molecule has 0 fully saturated rings. The monoisotopic (exact) mass is 243 g/mol. The largest absolute Gasteiger partial charge is 0.496 e. The third kappa shape index (κ3) is 2.29. The molecule has 1 N–H and O–H groups in total. The SMILES string of the molecule is CNC(C1=CCCO1)c1c(F)cc(F)cc1F. The van der Waals surface area contributed by atoms with E-state index in [-0.39, 0.29) is 5.56 Å². The smallest absolute Gasteiger partial charge is 0.134 e. The molecule has 0 saturated heterocycles. The molecular formula is C12H12F3NO. The standard InChI is InChI=1S/C12H12F3NO/c1-16-12(10-3-2-4-17-10)11-8(14)5-7(13)6-9(11)15/h3,5-6,12,16H,2,4H2,1H3. The summed E-state index contributed by atoms with van der Waals surface area (Å²) in [7, 11) is 1.56. The van der Waals surface area contributed by atoms with E-state index in [1.807, 2.05) is 0 Å². The first-order valence-electron chi connectivity index (χ1n) is 5.28. The molecule has 1 aromatic carbocycles. The van der Waals surface area contributed by atoms with E-state index in [2.05, 4.69) is 5.32 Å².